The fourth-order valence-corrected chi connectivity index (χ4v) is 3.98. The monoisotopic (exact) mass is 393 g/mol. The molecule has 1 aromatic carbocycles. The predicted molar refractivity (Wildman–Crippen MR) is 108 cm³/mol. The molecule has 0 saturated carbocycles. The van der Waals surface area contributed by atoms with Crippen LogP contribution in [0.15, 0.2) is 42.7 Å². The Labute approximate surface area is 168 Å². The summed E-state index contributed by atoms with van der Waals surface area (Å²) in [4.78, 5) is 2.31. The summed E-state index contributed by atoms with van der Waals surface area (Å²) in [5.41, 5.74) is 1.98. The van der Waals surface area contributed by atoms with Gasteiger partial charge in [0.05, 0.1) is 12.3 Å². The van der Waals surface area contributed by atoms with Crippen molar-refractivity contribution in [2.45, 2.75) is 25.3 Å². The van der Waals surface area contributed by atoms with E-state index in [1.165, 1.54) is 0 Å². The summed E-state index contributed by atoms with van der Waals surface area (Å²) < 4.78 is 13.2. The topological polar surface area (TPSA) is 85.5 Å². The van der Waals surface area contributed by atoms with E-state index in [2.05, 4.69) is 20.2 Å². The quantitative estimate of drug-likeness (QED) is 0.732. The number of aromatic hydroxyl groups is 1. The number of phenols is 1. The van der Waals surface area contributed by atoms with E-state index in [9.17, 15) is 5.11 Å². The van der Waals surface area contributed by atoms with Crippen molar-refractivity contribution in [3.05, 3.63) is 42.7 Å². The van der Waals surface area contributed by atoms with Crippen molar-refractivity contribution in [1.29, 1.82) is 0 Å². The minimum atomic E-state index is 0.127. The number of aromatic nitrogens is 4. The Bertz CT molecular complexity index is 986. The van der Waals surface area contributed by atoms with Crippen molar-refractivity contribution < 1.29 is 14.6 Å². The first kappa shape index (κ1) is 17.9. The largest absolute Gasteiger partial charge is 0.507 e. The van der Waals surface area contributed by atoms with Crippen molar-refractivity contribution >= 4 is 5.82 Å². The number of ether oxygens (including phenoxy) is 2. The summed E-state index contributed by atoms with van der Waals surface area (Å²) in [6, 6.07) is 9.50. The normalized spacial score (nSPS) is 17.4. The van der Waals surface area contributed by atoms with E-state index in [0.29, 0.717) is 23.9 Å². The second-order valence-electron chi connectivity index (χ2n) is 7.31. The average Bonchev–Trinajstić information content (AvgIpc) is 3.21. The van der Waals surface area contributed by atoms with E-state index in [0.717, 1.165) is 56.3 Å². The maximum atomic E-state index is 10.6. The molecule has 2 aliphatic rings. The summed E-state index contributed by atoms with van der Waals surface area (Å²) in [5, 5.41) is 23.7. The summed E-state index contributed by atoms with van der Waals surface area (Å²) in [6.07, 6.45) is 6.43. The van der Waals surface area contributed by atoms with Crippen LogP contribution in [0.3, 0.4) is 0 Å². The average molecular weight is 393 g/mol. The molecule has 0 atom stereocenters. The molecule has 8 heteroatoms. The van der Waals surface area contributed by atoms with Crippen LogP contribution < -0.4 is 9.64 Å². The highest BCUT2D eigenvalue weighted by Gasteiger charge is 2.28. The standard InChI is InChI=1S/C21H23N5O3/c27-19-13-16(26-9-1-7-22-26)3-4-17(19)18-14-20-21(24-23-18)25(8-2-10-29-20)15-5-11-28-12-6-15/h1,3-4,7,9,13-15,27H,2,5-6,8,10-12H2. The van der Waals surface area contributed by atoms with Crippen molar-refractivity contribution in [3.8, 4) is 28.4 Å². The molecule has 4 heterocycles. The fourth-order valence-electron chi connectivity index (χ4n) is 3.98. The number of nitrogens with zero attached hydrogens (tertiary/aromatic N) is 5. The Morgan fingerprint density at radius 1 is 1.07 bits per heavy atom. The lowest BCUT2D eigenvalue weighted by Gasteiger charge is -2.34. The van der Waals surface area contributed by atoms with Gasteiger partial charge in [0.1, 0.15) is 11.4 Å². The number of rotatable bonds is 3. The maximum Gasteiger partial charge on any atom is 0.194 e. The van der Waals surface area contributed by atoms with Gasteiger partial charge in [0.2, 0.25) is 0 Å². The molecule has 8 nitrogen and oxygen atoms in total. The first-order chi connectivity index (χ1) is 14.3. The Kier molecular flexibility index (Phi) is 4.77. The van der Waals surface area contributed by atoms with Crippen LogP contribution in [-0.2, 0) is 4.74 Å². The molecule has 0 amide bonds. The van der Waals surface area contributed by atoms with Gasteiger partial charge >= 0.3 is 0 Å². The maximum absolute atomic E-state index is 10.6. The zero-order chi connectivity index (χ0) is 19.6. The summed E-state index contributed by atoms with van der Waals surface area (Å²) >= 11 is 0. The Hall–Kier alpha value is -3.13. The Morgan fingerprint density at radius 2 is 1.97 bits per heavy atom. The minimum absolute atomic E-state index is 0.127. The van der Waals surface area contributed by atoms with Crippen LogP contribution in [-0.4, -0.2) is 57.5 Å². The first-order valence-corrected chi connectivity index (χ1v) is 9.98. The molecule has 3 aromatic rings. The van der Waals surface area contributed by atoms with Crippen LogP contribution in [0, 0.1) is 0 Å². The van der Waals surface area contributed by atoms with Crippen LogP contribution in [0.1, 0.15) is 19.3 Å². The lowest BCUT2D eigenvalue weighted by Crippen LogP contribution is -2.40. The lowest BCUT2D eigenvalue weighted by molar-refractivity contribution is 0.0843. The van der Waals surface area contributed by atoms with E-state index in [1.54, 1.807) is 16.9 Å². The molecular formula is C21H23N5O3. The van der Waals surface area contributed by atoms with Crippen molar-refractivity contribution in [2.75, 3.05) is 31.3 Å². The Morgan fingerprint density at radius 3 is 2.76 bits per heavy atom. The molecule has 1 saturated heterocycles. The highest BCUT2D eigenvalue weighted by Crippen LogP contribution is 2.37. The van der Waals surface area contributed by atoms with E-state index < -0.39 is 0 Å². The molecule has 0 bridgehead atoms. The van der Waals surface area contributed by atoms with Crippen LogP contribution in [0.25, 0.3) is 16.9 Å². The summed E-state index contributed by atoms with van der Waals surface area (Å²) in [7, 11) is 0. The highest BCUT2D eigenvalue weighted by atomic mass is 16.5. The molecule has 150 valence electrons. The van der Waals surface area contributed by atoms with Gasteiger partial charge in [-0.3, -0.25) is 0 Å². The van der Waals surface area contributed by atoms with Gasteiger partial charge < -0.3 is 19.5 Å². The van der Waals surface area contributed by atoms with Gasteiger partial charge in [0.25, 0.3) is 0 Å². The predicted octanol–water partition coefficient (Wildman–Crippen LogP) is 2.80. The van der Waals surface area contributed by atoms with Gasteiger partial charge in [-0.15, -0.1) is 10.2 Å². The molecule has 2 aromatic heterocycles. The number of hydrogen-bond acceptors (Lipinski definition) is 7. The number of benzene rings is 1. The van der Waals surface area contributed by atoms with Crippen LogP contribution in [0.4, 0.5) is 5.82 Å². The van der Waals surface area contributed by atoms with E-state index in [-0.39, 0.29) is 5.75 Å². The number of hydrogen-bond donors (Lipinski definition) is 1. The molecular weight excluding hydrogens is 370 g/mol. The van der Waals surface area contributed by atoms with Crippen molar-refractivity contribution in [1.82, 2.24) is 20.0 Å². The molecule has 0 aliphatic carbocycles. The van der Waals surface area contributed by atoms with E-state index in [4.69, 9.17) is 9.47 Å². The smallest absolute Gasteiger partial charge is 0.194 e. The molecule has 0 radical (unpaired) electrons. The third kappa shape index (κ3) is 3.51. The van der Waals surface area contributed by atoms with E-state index in [1.807, 2.05) is 30.5 Å². The van der Waals surface area contributed by atoms with Gasteiger partial charge in [0.15, 0.2) is 11.6 Å². The molecule has 0 spiro atoms. The highest BCUT2D eigenvalue weighted by molar-refractivity contribution is 5.71. The van der Waals surface area contributed by atoms with Gasteiger partial charge in [-0.05, 0) is 37.5 Å². The summed E-state index contributed by atoms with van der Waals surface area (Å²) in [6.45, 7) is 3.09. The molecule has 1 fully saturated rings. The fraction of sp³-hybridized carbons (Fsp3) is 0.381. The van der Waals surface area contributed by atoms with Gasteiger partial charge in [0, 0.05) is 55.9 Å². The van der Waals surface area contributed by atoms with Crippen molar-refractivity contribution in [2.24, 2.45) is 0 Å². The summed E-state index contributed by atoms with van der Waals surface area (Å²) in [5.74, 6) is 1.63. The Balaban J connectivity index is 1.47. The molecule has 1 N–H and O–H groups in total. The van der Waals surface area contributed by atoms with E-state index >= 15 is 0 Å². The molecule has 0 unspecified atom stereocenters. The zero-order valence-electron chi connectivity index (χ0n) is 16.1. The van der Waals surface area contributed by atoms with Crippen LogP contribution in [0.2, 0.25) is 0 Å². The SMILES string of the molecule is Oc1cc(-n2cccn2)ccc1-c1cc2c(nn1)N(C1CCOCC1)CCCO2. The zero-order valence-corrected chi connectivity index (χ0v) is 16.1. The van der Waals surface area contributed by atoms with Crippen molar-refractivity contribution in [3.63, 3.8) is 0 Å². The van der Waals surface area contributed by atoms with Gasteiger partial charge in [-0.1, -0.05) is 0 Å². The third-order valence-corrected chi connectivity index (χ3v) is 5.47. The first-order valence-electron chi connectivity index (χ1n) is 9.98. The van der Waals surface area contributed by atoms with Gasteiger partial charge in [-0.2, -0.15) is 5.10 Å². The lowest BCUT2D eigenvalue weighted by atomic mass is 10.1. The number of phenolic OH excluding ortho intramolecular Hbond substituents is 1. The van der Waals surface area contributed by atoms with Crippen LogP contribution >= 0.6 is 0 Å². The van der Waals surface area contributed by atoms with Gasteiger partial charge in [-0.25, -0.2) is 4.68 Å². The second kappa shape index (κ2) is 7.71. The second-order valence-corrected chi connectivity index (χ2v) is 7.31. The molecule has 29 heavy (non-hydrogen) atoms. The molecule has 2 aliphatic heterocycles. The number of fused-ring (bicyclic) bond motifs is 1. The molecule has 5 rings (SSSR count). The van der Waals surface area contributed by atoms with Crippen LogP contribution in [0.5, 0.6) is 11.5 Å². The number of anilines is 1. The minimum Gasteiger partial charge on any atom is -0.507 e. The third-order valence-electron chi connectivity index (χ3n) is 5.47.